The van der Waals surface area contributed by atoms with Crippen LogP contribution in [0.25, 0.3) is 0 Å². The first-order valence-corrected chi connectivity index (χ1v) is 20.3. The van der Waals surface area contributed by atoms with Crippen molar-refractivity contribution in [3.8, 4) is 0 Å². The van der Waals surface area contributed by atoms with Crippen LogP contribution < -0.4 is 27.0 Å². The van der Waals surface area contributed by atoms with Gasteiger partial charge < -0.3 is 42.1 Å². The van der Waals surface area contributed by atoms with Gasteiger partial charge in [0.2, 0.25) is 0 Å². The van der Waals surface area contributed by atoms with Crippen LogP contribution in [0, 0.1) is 37.9 Å². The van der Waals surface area contributed by atoms with Crippen molar-refractivity contribution >= 4 is 17.9 Å². The van der Waals surface area contributed by atoms with E-state index >= 15 is 0 Å². The second-order valence-electron chi connectivity index (χ2n) is 13.2. The van der Waals surface area contributed by atoms with Gasteiger partial charge in [-0.25, -0.2) is 0 Å². The number of nitrogens with two attached hydrogens (primary N) is 1. The number of unbranched alkanes of at least 4 members (excludes halogenated alkanes) is 15. The molecular formula is C35H71GdN6O6. The van der Waals surface area contributed by atoms with Crippen LogP contribution in [0.5, 0.6) is 0 Å². The molecule has 0 aromatic heterocycles. The third kappa shape index (κ3) is 32.7. The molecule has 3 unspecified atom stereocenters. The van der Waals surface area contributed by atoms with E-state index in [2.05, 4.69) is 33.1 Å². The number of rotatable bonds is 26. The molecule has 0 radical (unpaired) electrons. The Morgan fingerprint density at radius 3 is 1.50 bits per heavy atom. The quantitative estimate of drug-likeness (QED) is 0.0588. The Labute approximate surface area is 317 Å². The van der Waals surface area contributed by atoms with Gasteiger partial charge in [0.1, 0.15) is 0 Å². The summed E-state index contributed by atoms with van der Waals surface area (Å²) in [5.41, 5.74) is 5.96. The van der Waals surface area contributed by atoms with Crippen molar-refractivity contribution in [2.45, 2.75) is 143 Å². The second-order valence-corrected chi connectivity index (χ2v) is 14.0. The fraction of sp³-hybridized carbons (Fsp3) is 0.914. The number of carbonyl (C=O) groups is 3. The zero-order valence-corrected chi connectivity index (χ0v) is 32.2. The molecule has 3 atom stereocenters. The van der Waals surface area contributed by atoms with E-state index in [9.17, 15) is 24.6 Å². The van der Waals surface area contributed by atoms with Crippen molar-refractivity contribution in [1.82, 2.24) is 26.2 Å². The summed E-state index contributed by atoms with van der Waals surface area (Å²) in [4.78, 5) is 34.5. The minimum atomic E-state index is -0.864. The Balaban J connectivity index is 0.00000409. The average molecular weight is 829 g/mol. The van der Waals surface area contributed by atoms with Crippen molar-refractivity contribution in [2.24, 2.45) is 5.73 Å². The predicted molar refractivity (Wildman–Crippen MR) is 190 cm³/mol. The summed E-state index contributed by atoms with van der Waals surface area (Å²) in [5.74, 6) is -2.46. The topological polar surface area (TPSA) is 189 Å². The fourth-order valence-electron chi connectivity index (χ4n) is 5.99. The number of aliphatic carboxylic acids is 3. The first-order valence-electron chi connectivity index (χ1n) is 18.7. The fourth-order valence-corrected chi connectivity index (χ4v) is 5.99. The second kappa shape index (κ2) is 34.9. The zero-order chi connectivity index (χ0) is 35.7. The van der Waals surface area contributed by atoms with Crippen molar-refractivity contribution < 1.29 is 67.6 Å². The monoisotopic (exact) mass is 829 g/mol. The molecule has 0 aliphatic carbocycles. The van der Waals surface area contributed by atoms with Crippen LogP contribution >= 0.6 is 0 Å². The SMILES string of the molecule is CCCCCCCCCCCCCCCCCCN(CCN)CC1CNC(CC(=O)O)CNC(CC(=O)O)CNCCN1.O=C(O)[CH2][Gd]. The number of carboxylic acid groups (broad SMARTS) is 3. The molecule has 1 heterocycles. The van der Waals surface area contributed by atoms with E-state index in [4.69, 9.17) is 10.8 Å². The molecule has 1 aliphatic rings. The number of hydrogen-bond donors (Lipinski definition) is 8. The van der Waals surface area contributed by atoms with E-state index in [1.807, 2.05) is 0 Å². The molecule has 48 heavy (non-hydrogen) atoms. The molecular weight excluding hydrogens is 758 g/mol. The van der Waals surface area contributed by atoms with Crippen LogP contribution in [0.3, 0.4) is 0 Å². The van der Waals surface area contributed by atoms with Gasteiger partial charge in [-0.1, -0.05) is 103 Å². The summed E-state index contributed by atoms with van der Waals surface area (Å²) < 4.78 is 0.250. The summed E-state index contributed by atoms with van der Waals surface area (Å²) in [6.07, 6.45) is 21.9. The Bertz CT molecular complexity index is 784. The van der Waals surface area contributed by atoms with Gasteiger partial charge in [-0.2, -0.15) is 0 Å². The van der Waals surface area contributed by atoms with Crippen molar-refractivity contribution in [3.05, 3.63) is 0 Å². The van der Waals surface area contributed by atoms with E-state index in [0.717, 1.165) is 32.7 Å². The number of nitrogens with one attached hydrogen (secondary N) is 4. The van der Waals surface area contributed by atoms with Gasteiger partial charge in [-0.15, -0.1) is 0 Å². The molecule has 0 bridgehead atoms. The number of carboxylic acids is 3. The standard InChI is InChI=1S/C33H68N6O4.C2H3O2.Gd/c1-2-3-4-5-6-7-8-9-10-11-12-13-14-15-16-17-21-39(22-18-34)28-31-27-38-30(24-33(42)43)26-37-29(23-32(40)41)25-35-19-20-36-31;1-2(3)4;/h29-31,35-38H,2-28,34H2,1H3,(H,40,41)(H,42,43);1H2,(H,3,4);. The Morgan fingerprint density at radius 2 is 1.06 bits per heavy atom. The zero-order valence-electron chi connectivity index (χ0n) is 30.0. The number of hydrogen-bond acceptors (Lipinski definition) is 9. The predicted octanol–water partition coefficient (Wildman–Crippen LogP) is 3.97. The maximum atomic E-state index is 11.5. The molecule has 285 valence electrons. The van der Waals surface area contributed by atoms with Crippen LogP contribution in [-0.4, -0.2) is 115 Å². The van der Waals surface area contributed by atoms with Gasteiger partial charge in [0.25, 0.3) is 0 Å². The molecule has 0 amide bonds. The third-order valence-electron chi connectivity index (χ3n) is 8.63. The van der Waals surface area contributed by atoms with Gasteiger partial charge in [0.05, 0.1) is 12.8 Å². The van der Waals surface area contributed by atoms with E-state index in [1.54, 1.807) is 0 Å². The van der Waals surface area contributed by atoms with Crippen molar-refractivity contribution in [2.75, 3.05) is 58.9 Å². The van der Waals surface area contributed by atoms with E-state index < -0.39 is 17.9 Å². The molecule has 9 N–H and O–H groups in total. The Kier molecular flexibility index (Phi) is 34.6. The van der Waals surface area contributed by atoms with Crippen molar-refractivity contribution in [1.29, 1.82) is 0 Å². The molecule has 13 heteroatoms. The molecule has 1 fully saturated rings. The van der Waals surface area contributed by atoms with E-state index in [0.29, 0.717) is 26.2 Å². The van der Waals surface area contributed by atoms with Crippen LogP contribution in [0.15, 0.2) is 0 Å². The van der Waals surface area contributed by atoms with Gasteiger partial charge in [0, 0.05) is 70.5 Å². The summed E-state index contributed by atoms with van der Waals surface area (Å²) in [6, 6.07) is -0.355. The maximum absolute atomic E-state index is 11.5. The van der Waals surface area contributed by atoms with Crippen molar-refractivity contribution in [3.63, 3.8) is 0 Å². The minimum absolute atomic E-state index is 0.00372. The van der Waals surface area contributed by atoms with Crippen LogP contribution in [0.4, 0.5) is 0 Å². The summed E-state index contributed by atoms with van der Waals surface area (Å²) >= 11 is 1.43. The van der Waals surface area contributed by atoms with Gasteiger partial charge >= 0.3 is 67.9 Å². The number of nitrogens with zero attached hydrogens (tertiary/aromatic N) is 1. The van der Waals surface area contributed by atoms with Gasteiger partial charge in [-0.05, 0) is 13.0 Å². The Hall–Kier alpha value is -0.505. The van der Waals surface area contributed by atoms with Crippen LogP contribution in [0.1, 0.15) is 122 Å². The third-order valence-corrected chi connectivity index (χ3v) is 9.32. The molecule has 12 nitrogen and oxygen atoms in total. The first-order chi connectivity index (χ1) is 23.2. The van der Waals surface area contributed by atoms with Gasteiger partial charge in [0.15, 0.2) is 0 Å². The normalized spacial score (nSPS) is 19.1. The average Bonchev–Trinajstić information content (AvgIpc) is 3.04. The van der Waals surface area contributed by atoms with E-state index in [-0.39, 0.29) is 33.2 Å². The molecule has 0 spiro atoms. The molecule has 0 saturated carbocycles. The Morgan fingerprint density at radius 1 is 0.625 bits per heavy atom. The molecule has 0 aromatic carbocycles. The molecule has 0 aromatic rings. The van der Waals surface area contributed by atoms with Crippen LogP contribution in [-0.2, 0) is 14.4 Å². The summed E-state index contributed by atoms with van der Waals surface area (Å²) in [7, 11) is 0. The van der Waals surface area contributed by atoms with E-state index in [1.165, 1.54) is 141 Å². The first kappa shape index (κ1) is 47.5. The molecule has 1 rings (SSSR count). The molecule has 1 saturated heterocycles. The summed E-state index contributed by atoms with van der Waals surface area (Å²) in [6.45, 7) is 8.71. The molecule has 1 aliphatic heterocycles. The summed E-state index contributed by atoms with van der Waals surface area (Å²) in [5, 5.41) is 40.0. The van der Waals surface area contributed by atoms with Gasteiger partial charge in [-0.3, -0.25) is 9.59 Å². The van der Waals surface area contributed by atoms with Crippen LogP contribution in [0.2, 0.25) is 2.20 Å².